The van der Waals surface area contributed by atoms with E-state index in [1.165, 1.54) is 38.6 Å². The van der Waals surface area contributed by atoms with Crippen molar-refractivity contribution in [1.82, 2.24) is 15.1 Å². The third-order valence-electron chi connectivity index (χ3n) is 4.92. The summed E-state index contributed by atoms with van der Waals surface area (Å²) in [6.45, 7) is 10.4. The van der Waals surface area contributed by atoms with Gasteiger partial charge in [0.1, 0.15) is 0 Å². The minimum atomic E-state index is 0. The lowest BCUT2D eigenvalue weighted by Gasteiger charge is -2.35. The van der Waals surface area contributed by atoms with Crippen LogP contribution in [0.5, 0.6) is 0 Å². The molecule has 0 saturated carbocycles. The highest BCUT2D eigenvalue weighted by atomic mass is 127. The molecule has 2 heterocycles. The molecule has 1 unspecified atom stereocenters. The second-order valence-corrected chi connectivity index (χ2v) is 6.52. The molecular formula is C16H33IN4. The van der Waals surface area contributed by atoms with Gasteiger partial charge in [0.05, 0.1) is 0 Å². The maximum atomic E-state index is 4.45. The van der Waals surface area contributed by atoms with Gasteiger partial charge in [-0.1, -0.05) is 13.3 Å². The zero-order valence-corrected chi connectivity index (χ0v) is 16.3. The summed E-state index contributed by atoms with van der Waals surface area (Å²) in [5, 5.41) is 3.56. The lowest BCUT2D eigenvalue weighted by atomic mass is 10.00. The molecule has 4 nitrogen and oxygen atoms in total. The molecule has 0 amide bonds. The summed E-state index contributed by atoms with van der Waals surface area (Å²) >= 11 is 0. The Labute approximate surface area is 147 Å². The largest absolute Gasteiger partial charge is 0.355 e. The van der Waals surface area contributed by atoms with Crippen molar-refractivity contribution in [3.8, 4) is 0 Å². The summed E-state index contributed by atoms with van der Waals surface area (Å²) in [5.74, 6) is 1.97. The molecule has 0 aromatic carbocycles. The minimum absolute atomic E-state index is 0. The Kier molecular flexibility index (Phi) is 8.94. The van der Waals surface area contributed by atoms with Crippen molar-refractivity contribution in [3.05, 3.63) is 0 Å². The van der Waals surface area contributed by atoms with E-state index in [0.717, 1.165) is 44.1 Å². The van der Waals surface area contributed by atoms with Crippen molar-refractivity contribution in [2.24, 2.45) is 10.9 Å². The van der Waals surface area contributed by atoms with Crippen LogP contribution in [0.1, 0.15) is 46.0 Å². The van der Waals surface area contributed by atoms with Crippen LogP contribution in [-0.2, 0) is 0 Å². The van der Waals surface area contributed by atoms with E-state index in [4.69, 9.17) is 0 Å². The number of guanidine groups is 1. The molecule has 1 N–H and O–H groups in total. The minimum Gasteiger partial charge on any atom is -0.355 e. The molecular weight excluding hydrogens is 375 g/mol. The zero-order chi connectivity index (χ0) is 14.4. The molecule has 2 aliphatic rings. The van der Waals surface area contributed by atoms with Crippen molar-refractivity contribution in [2.75, 3.05) is 39.8 Å². The molecule has 0 bridgehead atoms. The number of halogens is 1. The maximum Gasteiger partial charge on any atom is 0.193 e. The molecule has 2 fully saturated rings. The van der Waals surface area contributed by atoms with Crippen LogP contribution < -0.4 is 5.32 Å². The van der Waals surface area contributed by atoms with E-state index < -0.39 is 0 Å². The topological polar surface area (TPSA) is 30.9 Å². The van der Waals surface area contributed by atoms with Crippen LogP contribution in [0.15, 0.2) is 4.99 Å². The summed E-state index contributed by atoms with van der Waals surface area (Å²) in [4.78, 5) is 9.48. The number of likely N-dealkylation sites (tertiary alicyclic amines) is 2. The van der Waals surface area contributed by atoms with Gasteiger partial charge >= 0.3 is 0 Å². The molecule has 2 aliphatic heterocycles. The quantitative estimate of drug-likeness (QED) is 0.443. The van der Waals surface area contributed by atoms with Gasteiger partial charge in [0.25, 0.3) is 0 Å². The highest BCUT2D eigenvalue weighted by molar-refractivity contribution is 14.0. The van der Waals surface area contributed by atoms with Crippen molar-refractivity contribution in [1.29, 1.82) is 0 Å². The molecule has 0 aromatic rings. The van der Waals surface area contributed by atoms with E-state index in [1.807, 2.05) is 7.05 Å². The Bertz CT molecular complexity index is 313. The summed E-state index contributed by atoms with van der Waals surface area (Å²) < 4.78 is 0. The fraction of sp³-hybridized carbons (Fsp3) is 0.938. The molecule has 1 atom stereocenters. The van der Waals surface area contributed by atoms with Crippen LogP contribution in [0.25, 0.3) is 0 Å². The lowest BCUT2D eigenvalue weighted by Crippen LogP contribution is -2.48. The predicted octanol–water partition coefficient (Wildman–Crippen LogP) is 2.79. The van der Waals surface area contributed by atoms with Crippen LogP contribution in [0.4, 0.5) is 0 Å². The highest BCUT2D eigenvalue weighted by Gasteiger charge is 2.20. The van der Waals surface area contributed by atoms with Crippen LogP contribution in [-0.4, -0.2) is 61.6 Å². The van der Waals surface area contributed by atoms with Gasteiger partial charge in [-0.2, -0.15) is 0 Å². The van der Waals surface area contributed by atoms with Crippen molar-refractivity contribution >= 4 is 29.9 Å². The van der Waals surface area contributed by atoms with Gasteiger partial charge in [-0.25, -0.2) is 0 Å². The fourth-order valence-corrected chi connectivity index (χ4v) is 3.35. The van der Waals surface area contributed by atoms with Crippen LogP contribution in [0, 0.1) is 5.92 Å². The standard InChI is InChI=1S/C16H32N4.HI/c1-14-7-11-20(12-8-14)16(17-3)18-9-13-19-10-5-4-6-15(19)2;/h14-15H,4-13H2,1-3H3,(H,17,18);1H. The van der Waals surface area contributed by atoms with Gasteiger partial charge in [-0.15, -0.1) is 24.0 Å². The highest BCUT2D eigenvalue weighted by Crippen LogP contribution is 2.16. The lowest BCUT2D eigenvalue weighted by molar-refractivity contribution is 0.163. The van der Waals surface area contributed by atoms with Crippen molar-refractivity contribution in [2.45, 2.75) is 52.0 Å². The summed E-state index contributed by atoms with van der Waals surface area (Å²) in [5.41, 5.74) is 0. The molecule has 5 heteroatoms. The van der Waals surface area contributed by atoms with Gasteiger partial charge in [0.2, 0.25) is 0 Å². The van der Waals surface area contributed by atoms with Crippen LogP contribution in [0.3, 0.4) is 0 Å². The molecule has 0 aliphatic carbocycles. The zero-order valence-electron chi connectivity index (χ0n) is 14.0. The van der Waals surface area contributed by atoms with Gasteiger partial charge < -0.3 is 10.2 Å². The number of nitrogens with zero attached hydrogens (tertiary/aromatic N) is 3. The number of rotatable bonds is 3. The Morgan fingerprint density at radius 2 is 1.81 bits per heavy atom. The summed E-state index contributed by atoms with van der Waals surface area (Å²) in [6.07, 6.45) is 6.72. The monoisotopic (exact) mass is 408 g/mol. The maximum absolute atomic E-state index is 4.45. The molecule has 2 rings (SSSR count). The smallest absolute Gasteiger partial charge is 0.193 e. The third kappa shape index (κ3) is 5.93. The second-order valence-electron chi connectivity index (χ2n) is 6.52. The first-order chi connectivity index (χ1) is 9.70. The summed E-state index contributed by atoms with van der Waals surface area (Å²) in [7, 11) is 1.91. The second kappa shape index (κ2) is 9.87. The number of hydrogen-bond donors (Lipinski definition) is 1. The van der Waals surface area contributed by atoms with Gasteiger partial charge in [-0.3, -0.25) is 9.89 Å². The molecule has 0 spiro atoms. The van der Waals surface area contributed by atoms with Crippen LogP contribution >= 0.6 is 24.0 Å². The van der Waals surface area contributed by atoms with E-state index in [2.05, 4.69) is 34.0 Å². The molecule has 0 aromatic heterocycles. The Balaban J connectivity index is 0.00000220. The molecule has 0 radical (unpaired) electrons. The molecule has 2 saturated heterocycles. The van der Waals surface area contributed by atoms with E-state index >= 15 is 0 Å². The fourth-order valence-electron chi connectivity index (χ4n) is 3.35. The number of aliphatic imine (C=N–C) groups is 1. The average molecular weight is 408 g/mol. The number of nitrogens with one attached hydrogen (secondary N) is 1. The van der Waals surface area contributed by atoms with Gasteiger partial charge in [0.15, 0.2) is 5.96 Å². The predicted molar refractivity (Wildman–Crippen MR) is 102 cm³/mol. The first-order valence-electron chi connectivity index (χ1n) is 8.40. The van der Waals surface area contributed by atoms with E-state index in [-0.39, 0.29) is 24.0 Å². The third-order valence-corrected chi connectivity index (χ3v) is 4.92. The van der Waals surface area contributed by atoms with Crippen molar-refractivity contribution in [3.63, 3.8) is 0 Å². The van der Waals surface area contributed by atoms with E-state index in [0.29, 0.717) is 0 Å². The Hall–Kier alpha value is -0.0400. The first kappa shape index (κ1) is 19.0. The molecule has 124 valence electrons. The first-order valence-corrected chi connectivity index (χ1v) is 8.40. The molecule has 21 heavy (non-hydrogen) atoms. The van der Waals surface area contributed by atoms with Crippen molar-refractivity contribution < 1.29 is 0 Å². The van der Waals surface area contributed by atoms with Gasteiger partial charge in [-0.05, 0) is 45.1 Å². The number of hydrogen-bond acceptors (Lipinski definition) is 2. The van der Waals surface area contributed by atoms with Crippen LogP contribution in [0.2, 0.25) is 0 Å². The Morgan fingerprint density at radius 1 is 1.10 bits per heavy atom. The van der Waals surface area contributed by atoms with E-state index in [1.54, 1.807) is 0 Å². The SMILES string of the molecule is CN=C(NCCN1CCCCC1C)N1CCC(C)CC1.I. The van der Waals surface area contributed by atoms with Gasteiger partial charge in [0, 0.05) is 39.3 Å². The summed E-state index contributed by atoms with van der Waals surface area (Å²) in [6, 6.07) is 0.753. The number of piperidine rings is 2. The Morgan fingerprint density at radius 3 is 2.43 bits per heavy atom. The average Bonchev–Trinajstić information content (AvgIpc) is 2.47. The van der Waals surface area contributed by atoms with E-state index in [9.17, 15) is 0 Å². The normalized spacial score (nSPS) is 25.6.